The highest BCUT2D eigenvalue weighted by molar-refractivity contribution is 5.83. The highest BCUT2D eigenvalue weighted by atomic mass is 16.5. The first-order valence-corrected chi connectivity index (χ1v) is 6.37. The zero-order chi connectivity index (χ0) is 13.1. The molecule has 19 heavy (non-hydrogen) atoms. The van der Waals surface area contributed by atoms with E-state index >= 15 is 0 Å². The van der Waals surface area contributed by atoms with Gasteiger partial charge < -0.3 is 10.1 Å². The molecule has 0 bridgehead atoms. The number of rotatable bonds is 3. The molecule has 0 aromatic heterocycles. The summed E-state index contributed by atoms with van der Waals surface area (Å²) in [6.45, 7) is 0. The zero-order valence-electron chi connectivity index (χ0n) is 10.5. The molecule has 3 rings (SSSR count). The largest absolute Gasteiger partial charge is 0.341 e. The quantitative estimate of drug-likeness (QED) is 0.912. The Bertz CT molecular complexity index is 553. The molecule has 1 aliphatic heterocycles. The molecule has 0 radical (unpaired) electrons. The fraction of sp³-hybridized carbons (Fsp3) is 0.188. The average Bonchev–Trinajstić information content (AvgIpc) is 2.82. The molecule has 1 amide bonds. The molecule has 96 valence electrons. The smallest absolute Gasteiger partial charge is 0.251 e. The van der Waals surface area contributed by atoms with Gasteiger partial charge in [0.05, 0.1) is 0 Å². The third-order valence-electron chi connectivity index (χ3n) is 3.23. The lowest BCUT2D eigenvalue weighted by molar-refractivity contribution is -0.123. The molecule has 1 aliphatic rings. The molecule has 1 N–H and O–H groups in total. The van der Waals surface area contributed by atoms with Gasteiger partial charge >= 0.3 is 0 Å². The second-order valence-electron chi connectivity index (χ2n) is 4.61. The summed E-state index contributed by atoms with van der Waals surface area (Å²) >= 11 is 0. The molecule has 2 aromatic carbocycles. The topological polar surface area (TPSA) is 38.3 Å². The molecule has 1 fully saturated rings. The van der Waals surface area contributed by atoms with E-state index < -0.39 is 6.10 Å². The summed E-state index contributed by atoms with van der Waals surface area (Å²) in [6, 6.07) is 19.6. The second kappa shape index (κ2) is 5.24. The van der Waals surface area contributed by atoms with Crippen molar-refractivity contribution < 1.29 is 9.53 Å². The van der Waals surface area contributed by atoms with Gasteiger partial charge in [0.15, 0.2) is 6.23 Å². The van der Waals surface area contributed by atoms with Crippen LogP contribution in [-0.2, 0) is 16.0 Å². The van der Waals surface area contributed by atoms with Crippen LogP contribution in [0.25, 0.3) is 0 Å². The van der Waals surface area contributed by atoms with Gasteiger partial charge in [0.25, 0.3) is 5.91 Å². The third-order valence-corrected chi connectivity index (χ3v) is 3.23. The molecule has 2 aromatic rings. The predicted molar refractivity (Wildman–Crippen MR) is 72.3 cm³/mol. The highest BCUT2D eigenvalue weighted by Crippen LogP contribution is 2.23. The second-order valence-corrected chi connectivity index (χ2v) is 4.61. The van der Waals surface area contributed by atoms with E-state index in [1.807, 2.05) is 60.7 Å². The average molecular weight is 253 g/mol. The van der Waals surface area contributed by atoms with Crippen LogP contribution in [0.3, 0.4) is 0 Å². The Hall–Kier alpha value is -2.13. The molecule has 0 spiro atoms. The van der Waals surface area contributed by atoms with Gasteiger partial charge in [0.1, 0.15) is 6.10 Å². The molecule has 0 unspecified atom stereocenters. The van der Waals surface area contributed by atoms with Crippen LogP contribution in [0.5, 0.6) is 0 Å². The third kappa shape index (κ3) is 2.66. The summed E-state index contributed by atoms with van der Waals surface area (Å²) in [5.74, 6) is -0.0438. The zero-order valence-corrected chi connectivity index (χ0v) is 10.5. The van der Waals surface area contributed by atoms with E-state index in [1.54, 1.807) is 0 Å². The maximum absolute atomic E-state index is 11.9. The molecule has 0 saturated carbocycles. The Balaban J connectivity index is 1.71. The number of carbonyl (C=O) groups is 1. The lowest BCUT2D eigenvalue weighted by Gasteiger charge is -2.11. The number of amides is 1. The van der Waals surface area contributed by atoms with Gasteiger partial charge in [-0.15, -0.1) is 0 Å². The van der Waals surface area contributed by atoms with Crippen molar-refractivity contribution in [2.75, 3.05) is 0 Å². The lowest BCUT2D eigenvalue weighted by Crippen LogP contribution is -2.25. The SMILES string of the molecule is O=C1N[C@@H](c2ccccc2)O[C@@H]1Cc1ccccc1. The summed E-state index contributed by atoms with van der Waals surface area (Å²) < 4.78 is 5.80. The minimum Gasteiger partial charge on any atom is -0.341 e. The summed E-state index contributed by atoms with van der Waals surface area (Å²) in [5.41, 5.74) is 2.09. The number of nitrogens with one attached hydrogen (secondary N) is 1. The molecule has 1 heterocycles. The molecule has 3 heteroatoms. The van der Waals surface area contributed by atoms with Crippen LogP contribution in [0.15, 0.2) is 60.7 Å². The Morgan fingerprint density at radius 3 is 2.26 bits per heavy atom. The van der Waals surface area contributed by atoms with Gasteiger partial charge in [-0.05, 0) is 5.56 Å². The first-order chi connectivity index (χ1) is 9.33. The number of hydrogen-bond donors (Lipinski definition) is 1. The summed E-state index contributed by atoms with van der Waals surface area (Å²) in [4.78, 5) is 11.9. The van der Waals surface area contributed by atoms with Crippen molar-refractivity contribution in [3.63, 3.8) is 0 Å². The Morgan fingerprint density at radius 2 is 1.58 bits per heavy atom. The van der Waals surface area contributed by atoms with Gasteiger partial charge in [-0.3, -0.25) is 4.79 Å². The Morgan fingerprint density at radius 1 is 0.947 bits per heavy atom. The highest BCUT2D eigenvalue weighted by Gasteiger charge is 2.33. The van der Waals surface area contributed by atoms with Crippen molar-refractivity contribution in [1.29, 1.82) is 0 Å². The van der Waals surface area contributed by atoms with Gasteiger partial charge in [0, 0.05) is 12.0 Å². The van der Waals surface area contributed by atoms with E-state index in [9.17, 15) is 4.79 Å². The summed E-state index contributed by atoms with van der Waals surface area (Å²) in [5, 5.41) is 2.88. The van der Waals surface area contributed by atoms with E-state index in [4.69, 9.17) is 4.74 Å². The first kappa shape index (κ1) is 11.9. The predicted octanol–water partition coefficient (Wildman–Crippen LogP) is 2.44. The molecular formula is C16H15NO2. The fourth-order valence-electron chi connectivity index (χ4n) is 2.24. The number of ether oxygens (including phenoxy) is 1. The van der Waals surface area contributed by atoms with Crippen molar-refractivity contribution in [3.05, 3.63) is 71.8 Å². The van der Waals surface area contributed by atoms with E-state index in [-0.39, 0.29) is 12.1 Å². The normalized spacial score (nSPS) is 22.2. The van der Waals surface area contributed by atoms with Gasteiger partial charge in [-0.2, -0.15) is 0 Å². The molecule has 1 saturated heterocycles. The van der Waals surface area contributed by atoms with Crippen LogP contribution in [0.2, 0.25) is 0 Å². The van der Waals surface area contributed by atoms with Crippen LogP contribution in [0.4, 0.5) is 0 Å². The maximum atomic E-state index is 11.9. The molecule has 0 aliphatic carbocycles. The van der Waals surface area contributed by atoms with Crippen LogP contribution >= 0.6 is 0 Å². The van der Waals surface area contributed by atoms with Gasteiger partial charge in [-0.25, -0.2) is 0 Å². The minimum atomic E-state index is -0.410. The first-order valence-electron chi connectivity index (χ1n) is 6.37. The van der Waals surface area contributed by atoms with E-state index in [0.717, 1.165) is 11.1 Å². The standard InChI is InChI=1S/C16H15NO2/c18-15-14(11-12-7-3-1-4-8-12)19-16(17-15)13-9-5-2-6-10-13/h1-10,14,16H,11H2,(H,17,18)/t14-,16-/m1/s1. The van der Waals surface area contributed by atoms with Crippen molar-refractivity contribution in [2.24, 2.45) is 0 Å². The van der Waals surface area contributed by atoms with E-state index in [0.29, 0.717) is 6.42 Å². The van der Waals surface area contributed by atoms with Crippen LogP contribution in [0.1, 0.15) is 17.4 Å². The van der Waals surface area contributed by atoms with E-state index in [1.165, 1.54) is 0 Å². The summed E-state index contributed by atoms with van der Waals surface area (Å²) in [6.07, 6.45) is -0.134. The van der Waals surface area contributed by atoms with Crippen molar-refractivity contribution in [1.82, 2.24) is 5.32 Å². The monoisotopic (exact) mass is 253 g/mol. The van der Waals surface area contributed by atoms with Gasteiger partial charge in [-0.1, -0.05) is 60.7 Å². The van der Waals surface area contributed by atoms with E-state index in [2.05, 4.69) is 5.32 Å². The Labute approximate surface area is 112 Å². The minimum absolute atomic E-state index is 0.0438. The van der Waals surface area contributed by atoms with Crippen molar-refractivity contribution in [3.8, 4) is 0 Å². The Kier molecular flexibility index (Phi) is 3.29. The maximum Gasteiger partial charge on any atom is 0.251 e. The molecule has 2 atom stereocenters. The van der Waals surface area contributed by atoms with Crippen molar-refractivity contribution >= 4 is 5.91 Å². The molecule has 3 nitrogen and oxygen atoms in total. The van der Waals surface area contributed by atoms with Crippen LogP contribution < -0.4 is 5.32 Å². The fourth-order valence-corrected chi connectivity index (χ4v) is 2.24. The number of benzene rings is 2. The lowest BCUT2D eigenvalue weighted by atomic mass is 10.1. The van der Waals surface area contributed by atoms with Gasteiger partial charge in [0.2, 0.25) is 0 Å². The summed E-state index contributed by atoms with van der Waals surface area (Å²) in [7, 11) is 0. The van der Waals surface area contributed by atoms with Crippen LogP contribution in [-0.4, -0.2) is 12.0 Å². The number of hydrogen-bond acceptors (Lipinski definition) is 2. The van der Waals surface area contributed by atoms with Crippen molar-refractivity contribution in [2.45, 2.75) is 18.8 Å². The number of carbonyl (C=O) groups excluding carboxylic acids is 1. The van der Waals surface area contributed by atoms with Crippen LogP contribution in [0, 0.1) is 0 Å². The molecular weight excluding hydrogens is 238 g/mol.